The summed E-state index contributed by atoms with van der Waals surface area (Å²) >= 11 is 0. The van der Waals surface area contributed by atoms with Gasteiger partial charge in [0.2, 0.25) is 5.27 Å². The first-order chi connectivity index (χ1) is 17.2. The molecule has 12 heteroatoms. The molecule has 3 heterocycles. The van der Waals surface area contributed by atoms with Crippen LogP contribution in [-0.4, -0.2) is 67.0 Å². The predicted molar refractivity (Wildman–Crippen MR) is 130 cm³/mol. The molecule has 1 aromatic carbocycles. The molecule has 3 aromatic rings. The van der Waals surface area contributed by atoms with Crippen LogP contribution in [0.15, 0.2) is 51.0 Å². The topological polar surface area (TPSA) is 130 Å². The Morgan fingerprint density at radius 3 is 2.72 bits per heavy atom. The minimum absolute atomic E-state index is 0.0268. The van der Waals surface area contributed by atoms with E-state index >= 15 is 0 Å². The number of fused-ring (bicyclic) bond motifs is 1. The summed E-state index contributed by atoms with van der Waals surface area (Å²) in [6.07, 6.45) is 1.66. The molecular formula is C24H32N6O6. The lowest BCUT2D eigenvalue weighted by Crippen LogP contribution is -2.62. The molecule has 1 unspecified atom stereocenters. The molecule has 0 aliphatic carbocycles. The number of nitrogens with zero attached hydrogens (tertiary/aromatic N) is 5. The van der Waals surface area contributed by atoms with Crippen molar-refractivity contribution in [2.45, 2.75) is 32.4 Å². The third-order valence-corrected chi connectivity index (χ3v) is 5.53. The molecule has 194 valence electrons. The lowest BCUT2D eigenvalue weighted by molar-refractivity contribution is -0.759. The highest BCUT2D eigenvalue weighted by molar-refractivity contribution is 5.87. The van der Waals surface area contributed by atoms with Gasteiger partial charge in [-0.1, -0.05) is 18.2 Å². The van der Waals surface area contributed by atoms with Crippen LogP contribution in [0.25, 0.3) is 10.8 Å². The highest BCUT2D eigenvalue weighted by atomic mass is 16.6. The normalized spacial score (nSPS) is 15.8. The zero-order chi connectivity index (χ0) is 25.7. The van der Waals surface area contributed by atoms with Crippen molar-refractivity contribution in [1.29, 1.82) is 0 Å². The summed E-state index contributed by atoms with van der Waals surface area (Å²) in [6, 6.07) is 7.22. The Hall–Kier alpha value is -3.64. The van der Waals surface area contributed by atoms with E-state index in [4.69, 9.17) is 18.7 Å². The molecule has 4 rings (SSSR count). The van der Waals surface area contributed by atoms with Gasteiger partial charge in [-0.25, -0.2) is 0 Å². The number of rotatable bonds is 8. The van der Waals surface area contributed by atoms with Gasteiger partial charge in [0.25, 0.3) is 11.8 Å². The fourth-order valence-electron chi connectivity index (χ4n) is 3.66. The number of aromatic nitrogens is 3. The number of hydrogen-bond acceptors (Lipinski definition) is 10. The fraction of sp³-hybridized carbons (Fsp3) is 0.500. The summed E-state index contributed by atoms with van der Waals surface area (Å²) in [4.78, 5) is 17.8. The molecule has 36 heavy (non-hydrogen) atoms. The van der Waals surface area contributed by atoms with Crippen LogP contribution >= 0.6 is 0 Å². The molecule has 1 saturated heterocycles. The van der Waals surface area contributed by atoms with Gasteiger partial charge in [0, 0.05) is 30.7 Å². The van der Waals surface area contributed by atoms with Crippen LogP contribution in [0.5, 0.6) is 5.75 Å². The lowest BCUT2D eigenvalue weighted by Gasteiger charge is -2.30. The fourth-order valence-corrected chi connectivity index (χ4v) is 3.66. The molecule has 0 spiro atoms. The van der Waals surface area contributed by atoms with Crippen LogP contribution in [0.2, 0.25) is 0 Å². The number of morpholine rings is 1. The van der Waals surface area contributed by atoms with E-state index in [-0.39, 0.29) is 23.6 Å². The summed E-state index contributed by atoms with van der Waals surface area (Å²) in [7, 11) is 1.67. The maximum Gasteiger partial charge on any atom is 0.326 e. The Balaban J connectivity index is 1.47. The smallest absolute Gasteiger partial charge is 0.326 e. The molecule has 1 N–H and O–H groups in total. The number of aryl methyl sites for hydroxylation is 1. The third-order valence-electron chi connectivity index (χ3n) is 5.53. The van der Waals surface area contributed by atoms with Crippen molar-refractivity contribution in [3.05, 3.63) is 47.0 Å². The van der Waals surface area contributed by atoms with Crippen LogP contribution in [0.3, 0.4) is 0 Å². The second-order valence-electron chi connectivity index (χ2n) is 9.54. The van der Waals surface area contributed by atoms with E-state index in [9.17, 15) is 9.90 Å². The Morgan fingerprint density at radius 1 is 1.28 bits per heavy atom. The van der Waals surface area contributed by atoms with E-state index in [1.54, 1.807) is 25.4 Å². The molecule has 2 aromatic heterocycles. The maximum absolute atomic E-state index is 12.6. The van der Waals surface area contributed by atoms with E-state index in [1.807, 2.05) is 37.9 Å². The summed E-state index contributed by atoms with van der Waals surface area (Å²) < 4.78 is 23.6. The molecule has 12 nitrogen and oxygen atoms in total. The predicted octanol–water partition coefficient (Wildman–Crippen LogP) is -0.0177. The molecule has 1 atom stereocenters. The zero-order valence-electron chi connectivity index (χ0n) is 21.0. The number of hydrogen-bond donors (Lipinski definition) is 1. The molecule has 0 bridgehead atoms. The van der Waals surface area contributed by atoms with Crippen LogP contribution in [0.4, 0.5) is 5.88 Å². The second-order valence-corrected chi connectivity index (χ2v) is 9.54. The van der Waals surface area contributed by atoms with Crippen LogP contribution in [0.1, 0.15) is 20.8 Å². The van der Waals surface area contributed by atoms with Gasteiger partial charge in [0.1, 0.15) is 12.4 Å². The van der Waals surface area contributed by atoms with Crippen molar-refractivity contribution in [3.8, 4) is 5.75 Å². The molecule has 1 aliphatic heterocycles. The van der Waals surface area contributed by atoms with E-state index in [0.717, 1.165) is 0 Å². The van der Waals surface area contributed by atoms with Gasteiger partial charge in [-0.3, -0.25) is 9.32 Å². The first-order valence-corrected chi connectivity index (χ1v) is 11.8. The lowest BCUT2D eigenvalue weighted by atomic mass is 10.1. The summed E-state index contributed by atoms with van der Waals surface area (Å²) in [5.74, 6) is 0.544. The maximum atomic E-state index is 12.6. The monoisotopic (exact) mass is 500 g/mol. The molecule has 0 amide bonds. The van der Waals surface area contributed by atoms with Gasteiger partial charge >= 0.3 is 5.88 Å². The van der Waals surface area contributed by atoms with E-state index < -0.39 is 12.2 Å². The Bertz CT molecular complexity index is 1260. The molecule has 1 fully saturated rings. The number of benzene rings is 1. The second kappa shape index (κ2) is 11.0. The number of aliphatic imine (C=N–C) groups is 1. The number of pyridine rings is 1. The van der Waals surface area contributed by atoms with Crippen LogP contribution < -0.4 is 30.5 Å². The average Bonchev–Trinajstić information content (AvgIpc) is 3.32. The van der Waals surface area contributed by atoms with Gasteiger partial charge in [-0.15, -0.1) is 5.01 Å². The standard InChI is InChI=1S/C24H32N6O6/c1-24(2,3)25-13-17(16-34-20-14-28(4)22(31)19-8-6-5-7-18(19)20)35-23(32)26-21-15-30(27-36-21)29-9-11-33-12-10-29/h5-8,14-15,17,25H,9-13,16H2,1-4H3. The largest absolute Gasteiger partial charge is 0.592 e. The number of nitrogens with one attached hydrogen (secondary N) is 1. The Labute approximate surface area is 208 Å². The van der Waals surface area contributed by atoms with Crippen molar-refractivity contribution in [3.63, 3.8) is 0 Å². The minimum Gasteiger partial charge on any atom is -0.592 e. The Kier molecular flexibility index (Phi) is 7.75. The van der Waals surface area contributed by atoms with Crippen LogP contribution in [-0.2, 0) is 16.5 Å². The van der Waals surface area contributed by atoms with Crippen LogP contribution in [0, 0.1) is 0 Å². The van der Waals surface area contributed by atoms with E-state index in [0.29, 0.717) is 49.4 Å². The summed E-state index contributed by atoms with van der Waals surface area (Å²) in [6.45, 7) is 8.89. The number of ether oxygens (including phenoxy) is 3. The van der Waals surface area contributed by atoms with Gasteiger partial charge in [-0.2, -0.15) is 4.99 Å². The van der Waals surface area contributed by atoms with E-state index in [2.05, 4.69) is 15.6 Å². The third kappa shape index (κ3) is 6.52. The van der Waals surface area contributed by atoms with Gasteiger partial charge < -0.3 is 29.2 Å². The van der Waals surface area contributed by atoms with Gasteiger partial charge in [-0.05, 0) is 26.8 Å². The van der Waals surface area contributed by atoms with Crippen molar-refractivity contribution in [2.75, 3.05) is 44.5 Å². The van der Waals surface area contributed by atoms with Gasteiger partial charge in [0.15, 0.2) is 6.08 Å². The van der Waals surface area contributed by atoms with Crippen molar-refractivity contribution in [2.24, 2.45) is 12.0 Å². The first-order valence-electron chi connectivity index (χ1n) is 11.8. The highest BCUT2D eigenvalue weighted by Crippen LogP contribution is 2.22. The molecule has 0 saturated carbocycles. The van der Waals surface area contributed by atoms with E-state index in [1.165, 1.54) is 15.6 Å². The van der Waals surface area contributed by atoms with Crippen molar-refractivity contribution in [1.82, 2.24) is 15.2 Å². The highest BCUT2D eigenvalue weighted by Gasteiger charge is 2.23. The SMILES string of the molecule is Cn1cc(OCC(CNC(C)(C)C)O/C([O-])=N/c2c[n+](N3CCOCC3)no2)c2ccccc2c1=O. The Morgan fingerprint density at radius 2 is 2.00 bits per heavy atom. The summed E-state index contributed by atoms with van der Waals surface area (Å²) in [5, 5.41) is 23.0. The quantitative estimate of drug-likeness (QED) is 0.258. The first kappa shape index (κ1) is 25.5. The summed E-state index contributed by atoms with van der Waals surface area (Å²) in [5.41, 5.74) is -0.324. The zero-order valence-corrected chi connectivity index (χ0v) is 21.0. The molecule has 1 aliphatic rings. The molecular weight excluding hydrogens is 468 g/mol. The van der Waals surface area contributed by atoms with Crippen molar-refractivity contribution < 1.29 is 28.6 Å². The van der Waals surface area contributed by atoms with Crippen molar-refractivity contribution >= 4 is 22.7 Å². The molecule has 0 radical (unpaired) electrons. The van der Waals surface area contributed by atoms with Gasteiger partial charge in [0.05, 0.1) is 42.6 Å². The minimum atomic E-state index is -0.824. The average molecular weight is 501 g/mol.